The average Bonchev–Trinajstić information content (AvgIpc) is 2.93. The molecule has 24 heavy (non-hydrogen) atoms. The Morgan fingerprint density at radius 3 is 2.75 bits per heavy atom. The lowest BCUT2D eigenvalue weighted by Gasteiger charge is -2.33. The SMILES string of the molecule is CC(C)C(C(=O)NC1CCCc2cc(N)ccc21)N1CCCC1=O. The van der Waals surface area contributed by atoms with Crippen molar-refractivity contribution in [3.8, 4) is 0 Å². The van der Waals surface area contributed by atoms with Crippen LogP contribution in [0.3, 0.4) is 0 Å². The van der Waals surface area contributed by atoms with Gasteiger partial charge in [0, 0.05) is 18.7 Å². The highest BCUT2D eigenvalue weighted by molar-refractivity contribution is 5.89. The third-order valence-corrected chi connectivity index (χ3v) is 5.14. The summed E-state index contributed by atoms with van der Waals surface area (Å²) in [6.45, 7) is 4.70. The fraction of sp³-hybridized carbons (Fsp3) is 0.579. The number of likely N-dealkylation sites (tertiary alicyclic amines) is 1. The topological polar surface area (TPSA) is 75.4 Å². The monoisotopic (exact) mass is 329 g/mol. The van der Waals surface area contributed by atoms with E-state index >= 15 is 0 Å². The van der Waals surface area contributed by atoms with Crippen LogP contribution in [-0.4, -0.2) is 29.3 Å². The number of carbonyl (C=O) groups excluding carboxylic acids is 2. The van der Waals surface area contributed by atoms with Crippen LogP contribution < -0.4 is 11.1 Å². The number of nitrogens with one attached hydrogen (secondary N) is 1. The van der Waals surface area contributed by atoms with E-state index in [2.05, 4.69) is 5.32 Å². The van der Waals surface area contributed by atoms with Crippen molar-refractivity contribution in [3.05, 3.63) is 29.3 Å². The Morgan fingerprint density at radius 1 is 1.29 bits per heavy atom. The zero-order chi connectivity index (χ0) is 17.3. The van der Waals surface area contributed by atoms with Gasteiger partial charge in [-0.2, -0.15) is 0 Å². The van der Waals surface area contributed by atoms with E-state index in [4.69, 9.17) is 5.73 Å². The van der Waals surface area contributed by atoms with Crippen LogP contribution in [0.5, 0.6) is 0 Å². The number of nitrogen functional groups attached to an aromatic ring is 1. The first-order chi connectivity index (χ1) is 11.5. The van der Waals surface area contributed by atoms with Gasteiger partial charge in [0.15, 0.2) is 0 Å². The Morgan fingerprint density at radius 2 is 2.08 bits per heavy atom. The normalized spacial score (nSPS) is 21.7. The lowest BCUT2D eigenvalue weighted by molar-refractivity contribution is -0.139. The molecule has 0 bridgehead atoms. The molecule has 1 aliphatic heterocycles. The molecule has 2 atom stereocenters. The van der Waals surface area contributed by atoms with Crippen LogP contribution in [0.15, 0.2) is 18.2 Å². The molecule has 5 nitrogen and oxygen atoms in total. The van der Waals surface area contributed by atoms with Gasteiger partial charge in [0.2, 0.25) is 11.8 Å². The van der Waals surface area contributed by atoms with Crippen LogP contribution in [0.2, 0.25) is 0 Å². The van der Waals surface area contributed by atoms with Gasteiger partial charge in [0.05, 0.1) is 6.04 Å². The summed E-state index contributed by atoms with van der Waals surface area (Å²) in [5.41, 5.74) is 9.04. The molecule has 0 saturated carbocycles. The summed E-state index contributed by atoms with van der Waals surface area (Å²) in [7, 11) is 0. The number of fused-ring (bicyclic) bond motifs is 1. The van der Waals surface area contributed by atoms with Gasteiger partial charge in [0.25, 0.3) is 0 Å². The Hall–Kier alpha value is -2.04. The van der Waals surface area contributed by atoms with Crippen molar-refractivity contribution in [2.75, 3.05) is 12.3 Å². The molecule has 1 aromatic carbocycles. The highest BCUT2D eigenvalue weighted by Crippen LogP contribution is 2.31. The molecule has 1 saturated heterocycles. The number of carbonyl (C=O) groups is 2. The number of rotatable bonds is 4. The Bertz CT molecular complexity index is 641. The van der Waals surface area contributed by atoms with Crippen LogP contribution >= 0.6 is 0 Å². The summed E-state index contributed by atoms with van der Waals surface area (Å²) in [6, 6.07) is 5.57. The second-order valence-electron chi connectivity index (χ2n) is 7.29. The summed E-state index contributed by atoms with van der Waals surface area (Å²) >= 11 is 0. The van der Waals surface area contributed by atoms with Gasteiger partial charge < -0.3 is 16.0 Å². The average molecular weight is 329 g/mol. The van der Waals surface area contributed by atoms with E-state index in [0.717, 1.165) is 31.4 Å². The van der Waals surface area contributed by atoms with E-state index in [9.17, 15) is 9.59 Å². The van der Waals surface area contributed by atoms with Crippen LogP contribution in [-0.2, 0) is 16.0 Å². The minimum atomic E-state index is -0.376. The number of hydrogen-bond donors (Lipinski definition) is 2. The number of anilines is 1. The molecule has 1 heterocycles. The van der Waals surface area contributed by atoms with E-state index in [0.29, 0.717) is 13.0 Å². The fourth-order valence-corrected chi connectivity index (χ4v) is 4.01. The highest BCUT2D eigenvalue weighted by atomic mass is 16.2. The summed E-state index contributed by atoms with van der Waals surface area (Å²) in [5.74, 6) is 0.164. The predicted octanol–water partition coefficient (Wildman–Crippen LogP) is 2.41. The highest BCUT2D eigenvalue weighted by Gasteiger charge is 2.36. The van der Waals surface area contributed by atoms with Crippen LogP contribution in [0.25, 0.3) is 0 Å². The molecule has 1 aromatic rings. The van der Waals surface area contributed by atoms with E-state index < -0.39 is 0 Å². The van der Waals surface area contributed by atoms with E-state index in [1.165, 1.54) is 11.1 Å². The lowest BCUT2D eigenvalue weighted by Crippen LogP contribution is -2.51. The van der Waals surface area contributed by atoms with Crippen LogP contribution in [0, 0.1) is 5.92 Å². The number of nitrogens with zero attached hydrogens (tertiary/aromatic N) is 1. The second kappa shape index (κ2) is 6.83. The number of aryl methyl sites for hydroxylation is 1. The third kappa shape index (κ3) is 3.25. The maximum Gasteiger partial charge on any atom is 0.243 e. The van der Waals surface area contributed by atoms with Crippen molar-refractivity contribution in [2.45, 2.75) is 58.0 Å². The molecule has 2 unspecified atom stereocenters. The van der Waals surface area contributed by atoms with Gasteiger partial charge in [-0.25, -0.2) is 0 Å². The molecule has 0 radical (unpaired) electrons. The Labute approximate surface area is 143 Å². The zero-order valence-corrected chi connectivity index (χ0v) is 14.5. The first-order valence-electron chi connectivity index (χ1n) is 8.95. The molecule has 3 rings (SSSR count). The summed E-state index contributed by atoms with van der Waals surface area (Å²) in [4.78, 5) is 26.8. The minimum absolute atomic E-state index is 0.0146. The summed E-state index contributed by atoms with van der Waals surface area (Å²) in [6.07, 6.45) is 4.38. The number of nitrogens with two attached hydrogens (primary N) is 1. The van der Waals surface area contributed by atoms with Gasteiger partial charge in [-0.3, -0.25) is 9.59 Å². The van der Waals surface area contributed by atoms with Gasteiger partial charge in [-0.1, -0.05) is 19.9 Å². The number of amides is 2. The van der Waals surface area contributed by atoms with Crippen LogP contribution in [0.1, 0.15) is 56.7 Å². The van der Waals surface area contributed by atoms with Crippen molar-refractivity contribution in [1.82, 2.24) is 10.2 Å². The molecule has 3 N–H and O–H groups in total. The smallest absolute Gasteiger partial charge is 0.243 e. The lowest BCUT2D eigenvalue weighted by atomic mass is 9.87. The molecular formula is C19H27N3O2. The van der Waals surface area contributed by atoms with Crippen molar-refractivity contribution >= 4 is 17.5 Å². The molecule has 0 spiro atoms. The fourth-order valence-electron chi connectivity index (χ4n) is 4.01. The molecule has 5 heteroatoms. The first kappa shape index (κ1) is 16.8. The van der Waals surface area contributed by atoms with Gasteiger partial charge >= 0.3 is 0 Å². The summed E-state index contributed by atoms with van der Waals surface area (Å²) < 4.78 is 0. The number of benzene rings is 1. The predicted molar refractivity (Wildman–Crippen MR) is 94.2 cm³/mol. The maximum absolute atomic E-state index is 12.9. The largest absolute Gasteiger partial charge is 0.399 e. The molecule has 0 aromatic heterocycles. The molecule has 1 fully saturated rings. The van der Waals surface area contributed by atoms with Crippen molar-refractivity contribution in [1.29, 1.82) is 0 Å². The van der Waals surface area contributed by atoms with Crippen LogP contribution in [0.4, 0.5) is 5.69 Å². The van der Waals surface area contributed by atoms with E-state index in [1.807, 2.05) is 32.0 Å². The summed E-state index contributed by atoms with van der Waals surface area (Å²) in [5, 5.41) is 3.20. The van der Waals surface area contributed by atoms with Crippen molar-refractivity contribution in [3.63, 3.8) is 0 Å². The van der Waals surface area contributed by atoms with Gasteiger partial charge in [-0.15, -0.1) is 0 Å². The van der Waals surface area contributed by atoms with Crippen molar-refractivity contribution in [2.24, 2.45) is 5.92 Å². The molecule has 130 valence electrons. The Kier molecular flexibility index (Phi) is 4.78. The molecular weight excluding hydrogens is 302 g/mol. The molecule has 1 aliphatic carbocycles. The van der Waals surface area contributed by atoms with E-state index in [-0.39, 0.29) is 29.8 Å². The third-order valence-electron chi connectivity index (χ3n) is 5.14. The molecule has 2 aliphatic rings. The Balaban J connectivity index is 1.78. The van der Waals surface area contributed by atoms with Crippen molar-refractivity contribution < 1.29 is 9.59 Å². The maximum atomic E-state index is 12.9. The standard InChI is InChI=1S/C19H27N3O2/c1-12(2)18(22-10-4-7-17(22)23)19(24)21-16-6-3-5-13-11-14(20)8-9-15(13)16/h8-9,11-12,16,18H,3-7,10,20H2,1-2H3,(H,21,24). The first-order valence-corrected chi connectivity index (χ1v) is 8.95. The zero-order valence-electron chi connectivity index (χ0n) is 14.5. The minimum Gasteiger partial charge on any atom is -0.399 e. The van der Waals surface area contributed by atoms with Gasteiger partial charge in [-0.05, 0) is 54.9 Å². The van der Waals surface area contributed by atoms with E-state index in [1.54, 1.807) is 4.90 Å². The molecule has 2 amide bonds. The second-order valence-corrected chi connectivity index (χ2v) is 7.29. The van der Waals surface area contributed by atoms with Gasteiger partial charge in [0.1, 0.15) is 6.04 Å². The quantitative estimate of drug-likeness (QED) is 0.833. The number of hydrogen-bond acceptors (Lipinski definition) is 3.